The molecule has 136 valence electrons. The Kier molecular flexibility index (Phi) is 5.78. The third kappa shape index (κ3) is 4.99. The lowest BCUT2D eigenvalue weighted by Crippen LogP contribution is -2.28. The fourth-order valence-electron chi connectivity index (χ4n) is 2.49. The Morgan fingerprint density at radius 1 is 1.19 bits per heavy atom. The van der Waals surface area contributed by atoms with E-state index in [1.54, 1.807) is 18.2 Å². The summed E-state index contributed by atoms with van der Waals surface area (Å²) in [5.74, 6) is 0.594. The fourth-order valence-corrected chi connectivity index (χ4v) is 2.65. The van der Waals surface area contributed by atoms with Gasteiger partial charge in [-0.1, -0.05) is 29.8 Å². The molecule has 1 aliphatic carbocycles. The number of halogens is 1. The van der Waals surface area contributed by atoms with E-state index in [4.69, 9.17) is 16.3 Å². The summed E-state index contributed by atoms with van der Waals surface area (Å²) in [5.41, 5.74) is 2.46. The van der Waals surface area contributed by atoms with Crippen LogP contribution in [0.25, 0.3) is 0 Å². The zero-order valence-corrected chi connectivity index (χ0v) is 15.3. The van der Waals surface area contributed by atoms with E-state index >= 15 is 0 Å². The van der Waals surface area contributed by atoms with Crippen molar-refractivity contribution in [3.8, 4) is 5.75 Å². The summed E-state index contributed by atoms with van der Waals surface area (Å²) < 4.78 is 5.52. The molecular weight excluding hydrogens is 352 g/mol. The molecule has 0 radical (unpaired) electrons. The molecule has 3 rings (SSSR count). The second-order valence-corrected chi connectivity index (χ2v) is 6.80. The second kappa shape index (κ2) is 8.23. The molecule has 2 aromatic carbocycles. The molecule has 6 heteroatoms. The van der Waals surface area contributed by atoms with E-state index in [9.17, 15) is 9.59 Å². The molecule has 0 aliphatic heterocycles. The van der Waals surface area contributed by atoms with Gasteiger partial charge in [-0.2, -0.15) is 0 Å². The first kappa shape index (κ1) is 18.3. The van der Waals surface area contributed by atoms with Gasteiger partial charge in [-0.25, -0.2) is 0 Å². The van der Waals surface area contributed by atoms with Gasteiger partial charge in [-0.05, 0) is 49.6 Å². The normalized spacial score (nSPS) is 13.2. The smallest absolute Gasteiger partial charge is 0.258 e. The summed E-state index contributed by atoms with van der Waals surface area (Å²) in [5, 5.41) is 6.32. The summed E-state index contributed by atoms with van der Waals surface area (Å²) in [6.07, 6.45) is 1.93. The Morgan fingerprint density at radius 3 is 2.73 bits per heavy atom. The van der Waals surface area contributed by atoms with Gasteiger partial charge in [0.25, 0.3) is 5.91 Å². The molecular formula is C20H21ClN2O3. The van der Waals surface area contributed by atoms with Crippen molar-refractivity contribution in [1.29, 1.82) is 0 Å². The van der Waals surface area contributed by atoms with Crippen molar-refractivity contribution in [2.24, 2.45) is 5.92 Å². The number of carbonyl (C=O) groups excluding carboxylic acids is 2. The van der Waals surface area contributed by atoms with Gasteiger partial charge in [-0.3, -0.25) is 9.59 Å². The lowest BCUT2D eigenvalue weighted by Gasteiger charge is -2.11. The molecule has 2 N–H and O–H groups in total. The van der Waals surface area contributed by atoms with Gasteiger partial charge in [-0.15, -0.1) is 0 Å². The Bertz CT molecular complexity index is 818. The molecule has 1 saturated carbocycles. The van der Waals surface area contributed by atoms with Gasteiger partial charge < -0.3 is 15.4 Å². The summed E-state index contributed by atoms with van der Waals surface area (Å²) in [4.78, 5) is 23.8. The first-order valence-corrected chi connectivity index (χ1v) is 8.95. The predicted octanol–water partition coefficient (Wildman–Crippen LogP) is 3.69. The second-order valence-electron chi connectivity index (χ2n) is 6.39. The molecule has 26 heavy (non-hydrogen) atoms. The van der Waals surface area contributed by atoms with Gasteiger partial charge in [0.15, 0.2) is 6.61 Å². The molecule has 0 heterocycles. The van der Waals surface area contributed by atoms with Crippen LogP contribution in [0.3, 0.4) is 0 Å². The van der Waals surface area contributed by atoms with Crippen LogP contribution in [0.1, 0.15) is 24.0 Å². The summed E-state index contributed by atoms with van der Waals surface area (Å²) in [6.45, 7) is 2.13. The third-order valence-corrected chi connectivity index (χ3v) is 4.62. The highest BCUT2D eigenvalue weighted by Crippen LogP contribution is 2.30. The Labute approximate surface area is 157 Å². The van der Waals surface area contributed by atoms with Gasteiger partial charge >= 0.3 is 0 Å². The number of anilines is 1. The minimum atomic E-state index is -0.225. The van der Waals surface area contributed by atoms with Crippen molar-refractivity contribution in [3.63, 3.8) is 0 Å². The number of hydrogen-bond acceptors (Lipinski definition) is 3. The van der Waals surface area contributed by atoms with E-state index in [1.807, 2.05) is 31.2 Å². The SMILES string of the molecule is Cc1c(Cl)cccc1OCC(=O)NCc1cccc(NC(=O)C2CC2)c1. The van der Waals surface area contributed by atoms with Crippen molar-refractivity contribution < 1.29 is 14.3 Å². The van der Waals surface area contributed by atoms with E-state index in [2.05, 4.69) is 10.6 Å². The molecule has 0 bridgehead atoms. The number of ether oxygens (including phenoxy) is 1. The topological polar surface area (TPSA) is 67.4 Å². The van der Waals surface area contributed by atoms with E-state index in [1.165, 1.54) is 0 Å². The summed E-state index contributed by atoms with van der Waals surface area (Å²) >= 11 is 6.03. The zero-order valence-electron chi connectivity index (χ0n) is 14.5. The largest absolute Gasteiger partial charge is 0.483 e. The maximum absolute atomic E-state index is 12.0. The average Bonchev–Trinajstić information content (AvgIpc) is 3.47. The van der Waals surface area contributed by atoms with E-state index in [-0.39, 0.29) is 24.3 Å². The lowest BCUT2D eigenvalue weighted by molar-refractivity contribution is -0.123. The molecule has 5 nitrogen and oxygen atoms in total. The molecule has 0 saturated heterocycles. The first-order chi connectivity index (χ1) is 12.5. The standard InChI is InChI=1S/C20H21ClN2O3/c1-13-17(21)6-3-7-18(13)26-12-19(24)22-11-14-4-2-5-16(10-14)23-20(25)15-8-9-15/h2-7,10,15H,8-9,11-12H2,1H3,(H,22,24)(H,23,25). The van der Waals surface area contributed by atoms with Crippen LogP contribution in [0.5, 0.6) is 5.75 Å². The van der Waals surface area contributed by atoms with Crippen molar-refractivity contribution in [3.05, 3.63) is 58.6 Å². The van der Waals surface area contributed by atoms with Crippen molar-refractivity contribution in [1.82, 2.24) is 5.32 Å². The average molecular weight is 373 g/mol. The monoisotopic (exact) mass is 372 g/mol. The molecule has 0 aromatic heterocycles. The van der Waals surface area contributed by atoms with Gasteiger partial charge in [0.05, 0.1) is 0 Å². The quantitative estimate of drug-likeness (QED) is 0.778. The minimum Gasteiger partial charge on any atom is -0.483 e. The third-order valence-electron chi connectivity index (χ3n) is 4.21. The zero-order chi connectivity index (χ0) is 18.5. The highest BCUT2D eigenvalue weighted by molar-refractivity contribution is 6.31. The highest BCUT2D eigenvalue weighted by atomic mass is 35.5. The fraction of sp³-hybridized carbons (Fsp3) is 0.300. The van der Waals surface area contributed by atoms with Crippen LogP contribution in [0, 0.1) is 12.8 Å². The summed E-state index contributed by atoms with van der Waals surface area (Å²) in [7, 11) is 0. The summed E-state index contributed by atoms with van der Waals surface area (Å²) in [6, 6.07) is 12.8. The number of amides is 2. The van der Waals surface area contributed by atoms with Crippen LogP contribution in [0.4, 0.5) is 5.69 Å². The van der Waals surface area contributed by atoms with Crippen molar-refractivity contribution in [2.45, 2.75) is 26.3 Å². The molecule has 0 unspecified atom stereocenters. The number of nitrogens with one attached hydrogen (secondary N) is 2. The molecule has 1 aliphatic rings. The van der Waals surface area contributed by atoms with Gasteiger partial charge in [0, 0.05) is 28.7 Å². The molecule has 2 aromatic rings. The predicted molar refractivity (Wildman–Crippen MR) is 101 cm³/mol. The lowest BCUT2D eigenvalue weighted by atomic mass is 10.2. The highest BCUT2D eigenvalue weighted by Gasteiger charge is 2.29. The van der Waals surface area contributed by atoms with E-state index < -0.39 is 0 Å². The molecule has 0 atom stereocenters. The Hall–Kier alpha value is -2.53. The van der Waals surface area contributed by atoms with Crippen LogP contribution >= 0.6 is 11.6 Å². The Morgan fingerprint density at radius 2 is 1.96 bits per heavy atom. The number of rotatable bonds is 7. The van der Waals surface area contributed by atoms with Crippen molar-refractivity contribution >= 4 is 29.1 Å². The minimum absolute atomic E-state index is 0.0662. The number of hydrogen-bond donors (Lipinski definition) is 2. The maximum Gasteiger partial charge on any atom is 0.258 e. The number of benzene rings is 2. The van der Waals surface area contributed by atoms with Crippen molar-refractivity contribution in [2.75, 3.05) is 11.9 Å². The molecule has 2 amide bonds. The van der Waals surface area contributed by atoms with E-state index in [0.717, 1.165) is 29.7 Å². The van der Waals surface area contributed by atoms with Crippen LogP contribution in [-0.2, 0) is 16.1 Å². The van der Waals surface area contributed by atoms with E-state index in [0.29, 0.717) is 17.3 Å². The Balaban J connectivity index is 1.48. The van der Waals surface area contributed by atoms with Crippen LogP contribution in [0.15, 0.2) is 42.5 Å². The van der Waals surface area contributed by atoms with Gasteiger partial charge in [0.1, 0.15) is 5.75 Å². The molecule has 0 spiro atoms. The first-order valence-electron chi connectivity index (χ1n) is 8.57. The van der Waals surface area contributed by atoms with Crippen LogP contribution < -0.4 is 15.4 Å². The number of carbonyl (C=O) groups is 2. The maximum atomic E-state index is 12.0. The van der Waals surface area contributed by atoms with Gasteiger partial charge in [0.2, 0.25) is 5.91 Å². The van der Waals surface area contributed by atoms with Crippen LogP contribution in [-0.4, -0.2) is 18.4 Å². The molecule has 1 fully saturated rings. The van der Waals surface area contributed by atoms with Crippen LogP contribution in [0.2, 0.25) is 5.02 Å².